The standard InChI is InChI=1S/C33H41N5O7S/c1-5-43-32(39)19-27(25-17-28-33(37(4)36-35-28)30(18-25)44-15-14-42-13-12-34)24-11-10-22(2)26(16-24)21-38-20-23(3)45-29-8-6-7-9-31(29)46(38,40)41/h6-11,16-18,23,27H,5,12-15,19-21,34H2,1-4H3/t23-,27?/m1/s1. The molecule has 1 unspecified atom stereocenters. The lowest BCUT2D eigenvalue weighted by Gasteiger charge is -2.24. The molecule has 0 radical (unpaired) electrons. The highest BCUT2D eigenvalue weighted by Gasteiger charge is 2.34. The SMILES string of the molecule is CCOC(=O)CC(c1ccc(C)c(CN2C[C@@H](C)Oc3ccccc3S2(=O)=O)c1)c1cc(OCCOCCN)c2c(c1)nnn2C. The van der Waals surface area contributed by atoms with Crippen LogP contribution in [0.15, 0.2) is 59.5 Å². The Morgan fingerprint density at radius 2 is 1.91 bits per heavy atom. The van der Waals surface area contributed by atoms with Crippen molar-refractivity contribution in [2.75, 3.05) is 39.5 Å². The van der Waals surface area contributed by atoms with E-state index in [2.05, 4.69) is 10.3 Å². The highest BCUT2D eigenvalue weighted by atomic mass is 32.2. The molecule has 0 aliphatic carbocycles. The topological polar surface area (TPSA) is 148 Å². The average molecular weight is 652 g/mol. The zero-order valence-corrected chi connectivity index (χ0v) is 27.5. The summed E-state index contributed by atoms with van der Waals surface area (Å²) in [6.07, 6.45) is -0.294. The van der Waals surface area contributed by atoms with Crippen LogP contribution in [0.5, 0.6) is 11.5 Å². The van der Waals surface area contributed by atoms with Gasteiger partial charge >= 0.3 is 5.97 Å². The van der Waals surface area contributed by atoms with Crippen molar-refractivity contribution in [2.24, 2.45) is 12.8 Å². The van der Waals surface area contributed by atoms with Crippen molar-refractivity contribution in [1.82, 2.24) is 19.3 Å². The van der Waals surface area contributed by atoms with Gasteiger partial charge in [-0.3, -0.25) is 4.79 Å². The van der Waals surface area contributed by atoms with E-state index in [-0.39, 0.29) is 49.7 Å². The Balaban J connectivity index is 1.53. The van der Waals surface area contributed by atoms with E-state index in [0.29, 0.717) is 42.3 Å². The van der Waals surface area contributed by atoms with Gasteiger partial charge < -0.3 is 24.7 Å². The molecular formula is C33H41N5O7S. The molecule has 246 valence electrons. The number of nitrogens with zero attached hydrogens (tertiary/aromatic N) is 4. The molecular weight excluding hydrogens is 610 g/mol. The molecule has 0 bridgehead atoms. The van der Waals surface area contributed by atoms with E-state index in [1.807, 2.05) is 44.2 Å². The fourth-order valence-electron chi connectivity index (χ4n) is 5.65. The fourth-order valence-corrected chi connectivity index (χ4v) is 7.27. The fraction of sp³-hybridized carbons (Fsp3) is 0.424. The Morgan fingerprint density at radius 1 is 1.11 bits per heavy atom. The van der Waals surface area contributed by atoms with Gasteiger partial charge in [-0.1, -0.05) is 35.5 Å². The van der Waals surface area contributed by atoms with E-state index in [1.165, 1.54) is 4.31 Å². The van der Waals surface area contributed by atoms with Crippen molar-refractivity contribution in [2.45, 2.75) is 50.7 Å². The first-order valence-electron chi connectivity index (χ1n) is 15.4. The largest absolute Gasteiger partial charge is 0.489 e. The summed E-state index contributed by atoms with van der Waals surface area (Å²) in [5.41, 5.74) is 10.2. The maximum absolute atomic E-state index is 13.8. The molecule has 46 heavy (non-hydrogen) atoms. The number of fused-ring (bicyclic) bond motifs is 2. The quantitative estimate of drug-likeness (QED) is 0.168. The first-order valence-corrected chi connectivity index (χ1v) is 16.8. The number of esters is 1. The number of nitrogens with two attached hydrogens (primary N) is 1. The van der Waals surface area contributed by atoms with Crippen LogP contribution in [-0.2, 0) is 37.9 Å². The van der Waals surface area contributed by atoms with Gasteiger partial charge in [0.1, 0.15) is 40.1 Å². The zero-order valence-electron chi connectivity index (χ0n) is 26.6. The number of para-hydroxylation sites is 1. The van der Waals surface area contributed by atoms with Gasteiger partial charge in [0.25, 0.3) is 0 Å². The number of aromatic nitrogens is 3. The Kier molecular flexibility index (Phi) is 10.6. The highest BCUT2D eigenvalue weighted by molar-refractivity contribution is 7.89. The van der Waals surface area contributed by atoms with Gasteiger partial charge in [0.05, 0.1) is 32.8 Å². The van der Waals surface area contributed by atoms with Gasteiger partial charge in [-0.05, 0) is 67.3 Å². The van der Waals surface area contributed by atoms with Gasteiger partial charge in [-0.25, -0.2) is 13.1 Å². The number of aryl methyl sites for hydroxylation is 2. The maximum Gasteiger partial charge on any atom is 0.306 e. The van der Waals surface area contributed by atoms with Gasteiger partial charge in [0, 0.05) is 26.1 Å². The minimum Gasteiger partial charge on any atom is -0.489 e. The summed E-state index contributed by atoms with van der Waals surface area (Å²) in [6, 6.07) is 16.4. The van der Waals surface area contributed by atoms with Crippen molar-refractivity contribution in [1.29, 1.82) is 0 Å². The number of rotatable bonds is 13. The molecule has 0 fully saturated rings. The van der Waals surface area contributed by atoms with E-state index in [1.54, 1.807) is 42.9 Å². The van der Waals surface area contributed by atoms with Crippen LogP contribution in [0, 0.1) is 6.92 Å². The van der Waals surface area contributed by atoms with Crippen molar-refractivity contribution < 1.29 is 32.2 Å². The van der Waals surface area contributed by atoms with E-state index in [9.17, 15) is 13.2 Å². The van der Waals surface area contributed by atoms with E-state index < -0.39 is 15.9 Å². The normalized spacial score (nSPS) is 16.8. The van der Waals surface area contributed by atoms with Crippen LogP contribution in [0.4, 0.5) is 0 Å². The Morgan fingerprint density at radius 3 is 2.70 bits per heavy atom. The molecule has 5 rings (SSSR count). The van der Waals surface area contributed by atoms with Crippen molar-refractivity contribution >= 4 is 27.0 Å². The first-order chi connectivity index (χ1) is 22.1. The minimum atomic E-state index is -3.84. The molecule has 12 nitrogen and oxygen atoms in total. The smallest absolute Gasteiger partial charge is 0.306 e. The predicted octanol–water partition coefficient (Wildman–Crippen LogP) is 3.69. The summed E-state index contributed by atoms with van der Waals surface area (Å²) in [5, 5.41) is 8.52. The van der Waals surface area contributed by atoms with Crippen molar-refractivity contribution in [3.63, 3.8) is 0 Å². The lowest BCUT2D eigenvalue weighted by molar-refractivity contribution is -0.143. The molecule has 0 saturated carbocycles. The Labute approximate surface area is 269 Å². The van der Waals surface area contributed by atoms with Crippen LogP contribution in [-0.4, -0.2) is 79.3 Å². The van der Waals surface area contributed by atoms with Crippen LogP contribution >= 0.6 is 0 Å². The number of carbonyl (C=O) groups is 1. The monoisotopic (exact) mass is 651 g/mol. The average Bonchev–Trinajstić information content (AvgIpc) is 3.37. The first kappa shape index (κ1) is 33.3. The third-order valence-electron chi connectivity index (χ3n) is 7.89. The van der Waals surface area contributed by atoms with E-state index >= 15 is 0 Å². The molecule has 13 heteroatoms. The summed E-state index contributed by atoms with van der Waals surface area (Å²) < 4.78 is 53.6. The van der Waals surface area contributed by atoms with Gasteiger partial charge in [-0.2, -0.15) is 4.31 Å². The molecule has 0 saturated heterocycles. The molecule has 0 spiro atoms. The second kappa shape index (κ2) is 14.6. The molecule has 2 N–H and O–H groups in total. The minimum absolute atomic E-state index is 0.0570. The maximum atomic E-state index is 13.8. The van der Waals surface area contributed by atoms with E-state index in [4.69, 9.17) is 24.7 Å². The molecule has 2 heterocycles. The lowest BCUT2D eigenvalue weighted by Crippen LogP contribution is -2.35. The Hall–Kier alpha value is -4.04. The van der Waals surface area contributed by atoms with Crippen LogP contribution in [0.3, 0.4) is 0 Å². The number of carbonyl (C=O) groups excluding carboxylic acids is 1. The van der Waals surface area contributed by atoms with Crippen LogP contribution in [0.2, 0.25) is 0 Å². The van der Waals surface area contributed by atoms with E-state index in [0.717, 1.165) is 22.3 Å². The molecule has 2 atom stereocenters. The molecule has 1 aromatic heterocycles. The van der Waals surface area contributed by atoms with Crippen LogP contribution < -0.4 is 15.2 Å². The summed E-state index contributed by atoms with van der Waals surface area (Å²) in [6.45, 7) is 7.64. The van der Waals surface area contributed by atoms with Gasteiger partial charge in [-0.15, -0.1) is 5.10 Å². The molecule has 0 amide bonds. The second-order valence-corrected chi connectivity index (χ2v) is 13.2. The van der Waals surface area contributed by atoms with Crippen LogP contribution in [0.1, 0.15) is 48.4 Å². The number of benzene rings is 3. The summed E-state index contributed by atoms with van der Waals surface area (Å²) >= 11 is 0. The molecule has 3 aromatic carbocycles. The summed E-state index contributed by atoms with van der Waals surface area (Å²) in [4.78, 5) is 13.1. The summed E-state index contributed by atoms with van der Waals surface area (Å²) in [5.74, 6) is 0.107. The van der Waals surface area contributed by atoms with Gasteiger partial charge in [0.15, 0.2) is 0 Å². The zero-order chi connectivity index (χ0) is 32.8. The van der Waals surface area contributed by atoms with Crippen molar-refractivity contribution in [3.05, 3.63) is 76.9 Å². The third kappa shape index (κ3) is 7.33. The number of sulfonamides is 1. The third-order valence-corrected chi connectivity index (χ3v) is 9.74. The van der Waals surface area contributed by atoms with Crippen molar-refractivity contribution in [3.8, 4) is 11.5 Å². The number of hydrogen-bond donors (Lipinski definition) is 1. The highest BCUT2D eigenvalue weighted by Crippen LogP contribution is 2.37. The predicted molar refractivity (Wildman–Crippen MR) is 172 cm³/mol. The Bertz CT molecular complexity index is 1790. The second-order valence-electron chi connectivity index (χ2n) is 11.3. The van der Waals surface area contributed by atoms with Gasteiger partial charge in [0.2, 0.25) is 10.0 Å². The molecule has 4 aromatic rings. The molecule has 1 aliphatic rings. The number of ether oxygens (including phenoxy) is 4. The number of hydrogen-bond acceptors (Lipinski definition) is 10. The lowest BCUT2D eigenvalue weighted by atomic mass is 9.86. The van der Waals surface area contributed by atoms with Crippen LogP contribution in [0.25, 0.3) is 11.0 Å². The molecule has 1 aliphatic heterocycles. The summed E-state index contributed by atoms with van der Waals surface area (Å²) in [7, 11) is -2.05.